The van der Waals surface area contributed by atoms with Crippen LogP contribution < -0.4 is 4.74 Å². The van der Waals surface area contributed by atoms with Gasteiger partial charge < -0.3 is 9.26 Å². The molecule has 0 atom stereocenters. The van der Waals surface area contributed by atoms with Crippen LogP contribution in [0.1, 0.15) is 22.6 Å². The molecule has 0 N–H and O–H groups in total. The highest BCUT2D eigenvalue weighted by Gasteiger charge is 2.26. The highest BCUT2D eigenvalue weighted by molar-refractivity contribution is 7.89. The zero-order valence-corrected chi connectivity index (χ0v) is 17.4. The third kappa shape index (κ3) is 3.93. The second kappa shape index (κ2) is 7.73. The van der Waals surface area contributed by atoms with Gasteiger partial charge in [0.15, 0.2) is 0 Å². The highest BCUT2D eigenvalue weighted by Crippen LogP contribution is 2.28. The number of ether oxygens (including phenoxy) is 1. The summed E-state index contributed by atoms with van der Waals surface area (Å²) < 4.78 is 37.8. The quantitative estimate of drug-likeness (QED) is 0.628. The minimum Gasteiger partial charge on any atom is -0.496 e. The van der Waals surface area contributed by atoms with E-state index in [0.717, 1.165) is 16.7 Å². The minimum absolute atomic E-state index is 0.0221. The Hall–Kier alpha value is -2.71. The van der Waals surface area contributed by atoms with E-state index in [9.17, 15) is 8.42 Å². The van der Waals surface area contributed by atoms with Gasteiger partial charge in [0.25, 0.3) is 0 Å². The lowest BCUT2D eigenvalue weighted by atomic mass is 10.1. The van der Waals surface area contributed by atoms with Crippen molar-refractivity contribution in [1.29, 1.82) is 0 Å². The molecule has 0 bridgehead atoms. The van der Waals surface area contributed by atoms with Crippen molar-refractivity contribution >= 4 is 10.0 Å². The number of sulfonamides is 1. The fourth-order valence-corrected chi connectivity index (χ4v) is 4.25. The maximum absolute atomic E-state index is 13.0. The molecule has 8 heteroatoms. The van der Waals surface area contributed by atoms with Gasteiger partial charge in [-0.25, -0.2) is 8.42 Å². The van der Waals surface area contributed by atoms with E-state index in [0.29, 0.717) is 17.1 Å². The minimum atomic E-state index is -3.73. The fraction of sp³-hybridized carbons (Fsp3) is 0.300. The van der Waals surface area contributed by atoms with Gasteiger partial charge in [0.2, 0.25) is 21.7 Å². The Labute approximate surface area is 165 Å². The molecule has 1 aromatic heterocycles. The summed E-state index contributed by atoms with van der Waals surface area (Å²) in [5.41, 5.74) is 3.30. The van der Waals surface area contributed by atoms with Crippen molar-refractivity contribution in [3.63, 3.8) is 0 Å². The molecule has 148 valence electrons. The number of hydrogen-bond acceptors (Lipinski definition) is 6. The van der Waals surface area contributed by atoms with E-state index in [1.165, 1.54) is 11.4 Å². The fourth-order valence-electron chi connectivity index (χ4n) is 2.84. The van der Waals surface area contributed by atoms with Crippen LogP contribution >= 0.6 is 0 Å². The predicted octanol–water partition coefficient (Wildman–Crippen LogP) is 3.49. The molecule has 0 aliphatic rings. The monoisotopic (exact) mass is 401 g/mol. The summed E-state index contributed by atoms with van der Waals surface area (Å²) in [6.07, 6.45) is 0. The summed E-state index contributed by atoms with van der Waals surface area (Å²) in [5.74, 6) is 1.31. The zero-order valence-electron chi connectivity index (χ0n) is 16.6. The number of methoxy groups -OCH3 is 1. The van der Waals surface area contributed by atoms with Gasteiger partial charge in [0, 0.05) is 12.6 Å². The molecular weight excluding hydrogens is 378 g/mol. The van der Waals surface area contributed by atoms with Gasteiger partial charge >= 0.3 is 0 Å². The van der Waals surface area contributed by atoms with Gasteiger partial charge in [0.1, 0.15) is 5.75 Å². The molecular formula is C20H23N3O4S. The lowest BCUT2D eigenvalue weighted by Crippen LogP contribution is -2.27. The summed E-state index contributed by atoms with van der Waals surface area (Å²) in [6.45, 7) is 5.52. The van der Waals surface area contributed by atoms with Crippen LogP contribution in [0.5, 0.6) is 5.75 Å². The van der Waals surface area contributed by atoms with Gasteiger partial charge in [0.05, 0.1) is 18.6 Å². The molecule has 0 saturated carbocycles. The van der Waals surface area contributed by atoms with Crippen molar-refractivity contribution < 1.29 is 17.7 Å². The van der Waals surface area contributed by atoms with Gasteiger partial charge in [-0.05, 0) is 44.0 Å². The van der Waals surface area contributed by atoms with Crippen LogP contribution in [0.25, 0.3) is 11.4 Å². The number of rotatable bonds is 6. The number of nitrogens with zero attached hydrogens (tertiary/aromatic N) is 3. The van der Waals surface area contributed by atoms with Crippen LogP contribution in [0, 0.1) is 20.8 Å². The third-order valence-corrected chi connectivity index (χ3v) is 6.46. The van der Waals surface area contributed by atoms with Gasteiger partial charge in [-0.2, -0.15) is 9.29 Å². The van der Waals surface area contributed by atoms with E-state index in [-0.39, 0.29) is 17.3 Å². The predicted molar refractivity (Wildman–Crippen MR) is 106 cm³/mol. The largest absolute Gasteiger partial charge is 0.496 e. The molecule has 28 heavy (non-hydrogen) atoms. The number of aryl methyl sites for hydroxylation is 3. The smallest absolute Gasteiger partial charge is 0.243 e. The molecule has 0 amide bonds. The molecule has 2 aromatic carbocycles. The van der Waals surface area contributed by atoms with Gasteiger partial charge in [-0.1, -0.05) is 35.0 Å². The van der Waals surface area contributed by atoms with Crippen molar-refractivity contribution in [1.82, 2.24) is 14.4 Å². The van der Waals surface area contributed by atoms with Crippen molar-refractivity contribution in [2.24, 2.45) is 0 Å². The molecule has 7 nitrogen and oxygen atoms in total. The van der Waals surface area contributed by atoms with Crippen LogP contribution in [0.4, 0.5) is 0 Å². The Morgan fingerprint density at radius 3 is 2.39 bits per heavy atom. The number of hydrogen-bond donors (Lipinski definition) is 0. The Morgan fingerprint density at radius 1 is 1.07 bits per heavy atom. The van der Waals surface area contributed by atoms with Crippen LogP contribution in [0.2, 0.25) is 0 Å². The van der Waals surface area contributed by atoms with Gasteiger partial charge in [-0.3, -0.25) is 0 Å². The van der Waals surface area contributed by atoms with Crippen molar-refractivity contribution in [3.8, 4) is 17.1 Å². The third-order valence-electron chi connectivity index (χ3n) is 4.52. The molecule has 0 aliphatic carbocycles. The second-order valence-corrected chi connectivity index (χ2v) is 8.74. The Balaban J connectivity index is 1.84. The summed E-state index contributed by atoms with van der Waals surface area (Å²) in [4.78, 5) is 4.55. The van der Waals surface area contributed by atoms with E-state index in [4.69, 9.17) is 9.26 Å². The van der Waals surface area contributed by atoms with E-state index < -0.39 is 10.0 Å². The molecule has 0 spiro atoms. The first-order valence-corrected chi connectivity index (χ1v) is 10.2. The maximum atomic E-state index is 13.0. The van der Waals surface area contributed by atoms with Crippen molar-refractivity contribution in [2.75, 3.05) is 14.2 Å². The normalized spacial score (nSPS) is 11.8. The van der Waals surface area contributed by atoms with Crippen LogP contribution in [0.15, 0.2) is 45.8 Å². The molecule has 0 radical (unpaired) electrons. The molecule has 0 saturated heterocycles. The number of benzene rings is 2. The lowest BCUT2D eigenvalue weighted by molar-refractivity contribution is 0.336. The number of aromatic nitrogens is 2. The average molecular weight is 401 g/mol. The second-order valence-electron chi connectivity index (χ2n) is 6.73. The first-order chi connectivity index (χ1) is 13.2. The van der Waals surface area contributed by atoms with E-state index in [2.05, 4.69) is 10.1 Å². The summed E-state index contributed by atoms with van der Waals surface area (Å²) in [6, 6.07) is 11.0. The van der Waals surface area contributed by atoms with Crippen molar-refractivity contribution in [3.05, 3.63) is 59.0 Å². The highest BCUT2D eigenvalue weighted by atomic mass is 32.2. The standard InChI is InChI=1S/C20H23N3O4S/c1-13-6-8-16(9-7-13)20-21-19(27-22-20)12-23(4)28(24,25)18-11-14(2)17(26-5)10-15(18)3/h6-11H,12H2,1-5H3. The molecule has 0 unspecified atom stereocenters. The average Bonchev–Trinajstić information content (AvgIpc) is 3.12. The van der Waals surface area contributed by atoms with Crippen molar-refractivity contribution in [2.45, 2.75) is 32.2 Å². The molecule has 3 rings (SSSR count). The zero-order chi connectivity index (χ0) is 20.5. The Morgan fingerprint density at radius 2 is 1.75 bits per heavy atom. The molecule has 0 aliphatic heterocycles. The molecule has 1 heterocycles. The van der Waals surface area contributed by atoms with Crippen LogP contribution in [0.3, 0.4) is 0 Å². The molecule has 3 aromatic rings. The lowest BCUT2D eigenvalue weighted by Gasteiger charge is -2.18. The summed E-state index contributed by atoms with van der Waals surface area (Å²) in [7, 11) is -0.677. The van der Waals surface area contributed by atoms with Crippen LogP contribution in [-0.4, -0.2) is 37.0 Å². The topological polar surface area (TPSA) is 85.5 Å². The van der Waals surface area contributed by atoms with E-state index in [1.54, 1.807) is 26.2 Å². The Bertz CT molecular complexity index is 1090. The summed E-state index contributed by atoms with van der Waals surface area (Å²) >= 11 is 0. The first kappa shape index (κ1) is 20.0. The van der Waals surface area contributed by atoms with Gasteiger partial charge in [-0.15, -0.1) is 0 Å². The Kier molecular flexibility index (Phi) is 5.53. The van der Waals surface area contributed by atoms with Crippen LogP contribution in [-0.2, 0) is 16.6 Å². The molecule has 0 fully saturated rings. The SMILES string of the molecule is COc1cc(C)c(S(=O)(=O)N(C)Cc2nc(-c3ccc(C)cc3)no2)cc1C. The maximum Gasteiger partial charge on any atom is 0.243 e. The van der Waals surface area contributed by atoms with E-state index >= 15 is 0 Å². The first-order valence-electron chi connectivity index (χ1n) is 8.73. The summed E-state index contributed by atoms with van der Waals surface area (Å²) in [5, 5.41) is 3.95. The van der Waals surface area contributed by atoms with E-state index in [1.807, 2.05) is 38.1 Å².